The fourth-order valence-corrected chi connectivity index (χ4v) is 4.46. The molecule has 1 fully saturated rings. The Kier molecular flexibility index (Phi) is 8.60. The number of carbonyl (C=O) groups is 2. The van der Waals surface area contributed by atoms with Crippen molar-refractivity contribution in [2.75, 3.05) is 39.8 Å². The van der Waals surface area contributed by atoms with E-state index in [4.69, 9.17) is 4.74 Å². The fraction of sp³-hybridized carbons (Fsp3) is 0.417. The van der Waals surface area contributed by atoms with Crippen LogP contribution in [-0.4, -0.2) is 69.9 Å². The zero-order valence-corrected chi connectivity index (χ0v) is 19.9. The van der Waals surface area contributed by atoms with Gasteiger partial charge in [0.25, 0.3) is 5.91 Å². The number of piperazine rings is 1. The summed E-state index contributed by atoms with van der Waals surface area (Å²) in [6.07, 6.45) is 0.528. The first-order valence-electron chi connectivity index (χ1n) is 11.0. The molecule has 9 heteroatoms. The Labute approximate surface area is 195 Å². The van der Waals surface area contributed by atoms with Crippen molar-refractivity contribution in [2.45, 2.75) is 31.2 Å². The second-order valence-electron chi connectivity index (χ2n) is 8.16. The van der Waals surface area contributed by atoms with E-state index in [0.29, 0.717) is 19.5 Å². The third-order valence-corrected chi connectivity index (χ3v) is 7.12. The average molecular weight is 474 g/mol. The van der Waals surface area contributed by atoms with Crippen LogP contribution in [-0.2, 0) is 37.3 Å². The van der Waals surface area contributed by atoms with Gasteiger partial charge >= 0.3 is 5.97 Å². The lowest BCUT2D eigenvalue weighted by Crippen LogP contribution is -2.49. The molecular formula is C24H31N3O5S. The van der Waals surface area contributed by atoms with E-state index in [1.807, 2.05) is 0 Å². The minimum absolute atomic E-state index is 0.121. The number of carbonyl (C=O) groups excluding carboxylic acids is 2. The van der Waals surface area contributed by atoms with E-state index in [1.165, 1.54) is 30.3 Å². The Morgan fingerprint density at radius 1 is 1.00 bits per heavy atom. The number of aryl methyl sites for hydroxylation is 2. The molecule has 2 aromatic rings. The predicted molar refractivity (Wildman–Crippen MR) is 125 cm³/mol. The van der Waals surface area contributed by atoms with Gasteiger partial charge in [-0.05, 0) is 43.7 Å². The van der Waals surface area contributed by atoms with E-state index in [0.717, 1.165) is 25.2 Å². The summed E-state index contributed by atoms with van der Waals surface area (Å²) < 4.78 is 30.9. The first kappa shape index (κ1) is 24.9. The average Bonchev–Trinajstić information content (AvgIpc) is 2.82. The minimum atomic E-state index is -3.48. The van der Waals surface area contributed by atoms with Gasteiger partial charge < -0.3 is 9.64 Å². The monoisotopic (exact) mass is 473 g/mol. The number of sulfonamides is 1. The third kappa shape index (κ3) is 7.38. The lowest BCUT2D eigenvalue weighted by molar-refractivity contribution is -0.152. The topological polar surface area (TPSA) is 96.0 Å². The van der Waals surface area contributed by atoms with E-state index in [9.17, 15) is 18.0 Å². The van der Waals surface area contributed by atoms with Crippen molar-refractivity contribution in [1.82, 2.24) is 14.5 Å². The van der Waals surface area contributed by atoms with Crippen molar-refractivity contribution >= 4 is 21.9 Å². The normalized spacial score (nSPS) is 14.8. The van der Waals surface area contributed by atoms with Crippen molar-refractivity contribution in [3.63, 3.8) is 0 Å². The van der Waals surface area contributed by atoms with E-state index < -0.39 is 16.0 Å². The number of esters is 1. The molecule has 0 aromatic heterocycles. The first-order chi connectivity index (χ1) is 15.8. The van der Waals surface area contributed by atoms with Crippen LogP contribution in [0.4, 0.5) is 0 Å². The predicted octanol–water partition coefficient (Wildman–Crippen LogP) is 1.72. The van der Waals surface area contributed by atoms with Gasteiger partial charge in [-0.2, -0.15) is 0 Å². The number of nitrogens with zero attached hydrogens (tertiary/aromatic N) is 2. The Morgan fingerprint density at radius 2 is 1.70 bits per heavy atom. The second kappa shape index (κ2) is 11.4. The molecule has 1 amide bonds. The Balaban J connectivity index is 1.36. The molecule has 0 bridgehead atoms. The molecule has 1 heterocycles. The zero-order chi connectivity index (χ0) is 23.8. The molecule has 0 spiro atoms. The van der Waals surface area contributed by atoms with Crippen LogP contribution in [0.25, 0.3) is 0 Å². The number of nitrogens with one attached hydrogen (secondary N) is 1. The number of rotatable bonds is 9. The number of benzene rings is 2. The molecule has 1 aliphatic rings. The number of ether oxygens (including phenoxy) is 1. The number of hydrogen-bond acceptors (Lipinski definition) is 6. The molecule has 0 radical (unpaired) electrons. The Bertz CT molecular complexity index is 1060. The number of hydrogen-bond donors (Lipinski definition) is 1. The van der Waals surface area contributed by atoms with Gasteiger partial charge in [0.2, 0.25) is 10.0 Å². The summed E-state index contributed by atoms with van der Waals surface area (Å²) in [6, 6.07) is 14.7. The van der Waals surface area contributed by atoms with Crippen LogP contribution in [0.15, 0.2) is 53.4 Å². The summed E-state index contributed by atoms with van der Waals surface area (Å²) in [6.45, 7) is 5.49. The molecule has 178 valence electrons. The summed E-state index contributed by atoms with van der Waals surface area (Å²) in [5.74, 6) is -0.631. The zero-order valence-electron chi connectivity index (χ0n) is 19.1. The summed E-state index contributed by atoms with van der Waals surface area (Å²) in [4.78, 5) is 28.7. The standard InChI is InChI=1S/C24H31N3O5S/c1-19-4-3-5-21(16-19)17-26-12-14-27(15-13-26)23(28)18-32-24(29)11-8-20-6-9-22(10-7-20)33(30,31)25-2/h3-7,9-10,16,25H,8,11-15,17-18H2,1-2H3. The maximum Gasteiger partial charge on any atom is 0.306 e. The van der Waals surface area contributed by atoms with E-state index >= 15 is 0 Å². The molecule has 1 aliphatic heterocycles. The van der Waals surface area contributed by atoms with Gasteiger partial charge in [0.1, 0.15) is 0 Å². The smallest absolute Gasteiger partial charge is 0.306 e. The van der Waals surface area contributed by atoms with E-state index in [1.54, 1.807) is 17.0 Å². The van der Waals surface area contributed by atoms with Crippen molar-refractivity contribution in [1.29, 1.82) is 0 Å². The van der Waals surface area contributed by atoms with E-state index in [2.05, 4.69) is 40.8 Å². The highest BCUT2D eigenvalue weighted by molar-refractivity contribution is 7.89. The maximum atomic E-state index is 12.4. The molecule has 0 saturated carbocycles. The lowest BCUT2D eigenvalue weighted by atomic mass is 10.1. The van der Waals surface area contributed by atoms with Crippen LogP contribution in [0.1, 0.15) is 23.1 Å². The SMILES string of the molecule is CNS(=O)(=O)c1ccc(CCC(=O)OCC(=O)N2CCN(Cc3cccc(C)c3)CC2)cc1. The molecule has 0 aliphatic carbocycles. The third-order valence-electron chi connectivity index (χ3n) is 5.69. The van der Waals surface area contributed by atoms with Gasteiger partial charge in [0.05, 0.1) is 4.90 Å². The molecule has 8 nitrogen and oxygen atoms in total. The Morgan fingerprint density at radius 3 is 2.33 bits per heavy atom. The fourth-order valence-electron chi connectivity index (χ4n) is 3.73. The van der Waals surface area contributed by atoms with Crippen LogP contribution < -0.4 is 4.72 Å². The lowest BCUT2D eigenvalue weighted by Gasteiger charge is -2.34. The van der Waals surface area contributed by atoms with Crippen LogP contribution in [0.3, 0.4) is 0 Å². The summed E-state index contributed by atoms with van der Waals surface area (Å²) in [7, 11) is -2.13. The number of amides is 1. The maximum absolute atomic E-state index is 12.4. The van der Waals surface area contributed by atoms with Crippen LogP contribution >= 0.6 is 0 Å². The van der Waals surface area contributed by atoms with Crippen LogP contribution in [0.2, 0.25) is 0 Å². The van der Waals surface area contributed by atoms with Gasteiger partial charge in [-0.3, -0.25) is 14.5 Å². The molecular weight excluding hydrogens is 442 g/mol. The molecule has 2 aromatic carbocycles. The molecule has 3 rings (SSSR count). The van der Waals surface area contributed by atoms with Gasteiger partial charge in [-0.15, -0.1) is 0 Å². The Hall–Kier alpha value is -2.75. The van der Waals surface area contributed by atoms with Crippen LogP contribution in [0, 0.1) is 6.92 Å². The summed E-state index contributed by atoms with van der Waals surface area (Å²) >= 11 is 0. The highest BCUT2D eigenvalue weighted by atomic mass is 32.2. The van der Waals surface area contributed by atoms with Crippen molar-refractivity contribution in [3.8, 4) is 0 Å². The molecule has 0 unspecified atom stereocenters. The highest BCUT2D eigenvalue weighted by Crippen LogP contribution is 2.13. The van der Waals surface area contributed by atoms with Crippen molar-refractivity contribution in [2.24, 2.45) is 0 Å². The molecule has 33 heavy (non-hydrogen) atoms. The van der Waals surface area contributed by atoms with Crippen molar-refractivity contribution < 1.29 is 22.7 Å². The van der Waals surface area contributed by atoms with E-state index in [-0.39, 0.29) is 23.8 Å². The second-order valence-corrected chi connectivity index (χ2v) is 10.0. The van der Waals surface area contributed by atoms with Crippen LogP contribution in [0.5, 0.6) is 0 Å². The highest BCUT2D eigenvalue weighted by Gasteiger charge is 2.22. The largest absolute Gasteiger partial charge is 0.456 e. The minimum Gasteiger partial charge on any atom is -0.456 e. The molecule has 0 atom stereocenters. The first-order valence-corrected chi connectivity index (χ1v) is 12.5. The van der Waals surface area contributed by atoms with Gasteiger partial charge in [-0.25, -0.2) is 13.1 Å². The quantitative estimate of drug-likeness (QED) is 0.557. The van der Waals surface area contributed by atoms with Gasteiger partial charge in [-0.1, -0.05) is 42.0 Å². The summed E-state index contributed by atoms with van der Waals surface area (Å²) in [5, 5.41) is 0. The molecule has 1 N–H and O–H groups in total. The van der Waals surface area contributed by atoms with Crippen molar-refractivity contribution in [3.05, 3.63) is 65.2 Å². The van der Waals surface area contributed by atoms with Gasteiger partial charge in [0.15, 0.2) is 6.61 Å². The molecule has 1 saturated heterocycles. The van der Waals surface area contributed by atoms with Gasteiger partial charge in [0, 0.05) is 39.1 Å². The summed E-state index contributed by atoms with van der Waals surface area (Å²) in [5.41, 5.74) is 3.32.